The molecule has 2 rings (SSSR count). The van der Waals surface area contributed by atoms with E-state index in [1.807, 2.05) is 4.90 Å². The van der Waals surface area contributed by atoms with Crippen LogP contribution in [-0.4, -0.2) is 43.7 Å². The molecule has 2 heterocycles. The lowest BCUT2D eigenvalue weighted by Crippen LogP contribution is -2.49. The summed E-state index contributed by atoms with van der Waals surface area (Å²) in [5.74, 6) is 0.654. The van der Waals surface area contributed by atoms with Gasteiger partial charge in [-0.05, 0) is 22.0 Å². The fourth-order valence-corrected chi connectivity index (χ4v) is 2.69. The van der Waals surface area contributed by atoms with Crippen LogP contribution in [0, 0.1) is 0 Å². The number of halogens is 2. The van der Waals surface area contributed by atoms with Crippen LogP contribution in [0.5, 0.6) is 0 Å². The molecule has 1 saturated heterocycles. The van der Waals surface area contributed by atoms with Gasteiger partial charge in [-0.3, -0.25) is 4.79 Å². The number of morpholine rings is 1. The number of aromatic nitrogens is 1. The highest BCUT2D eigenvalue weighted by molar-refractivity contribution is 9.10. The summed E-state index contributed by atoms with van der Waals surface area (Å²) in [5, 5.41) is 3.16. The lowest BCUT2D eigenvalue weighted by Gasteiger charge is -2.33. The molecule has 98 valence electrons. The number of hydrogen-bond donors (Lipinski definition) is 1. The Kier molecular flexibility index (Phi) is 4.42. The molecule has 0 radical (unpaired) electrons. The number of amides is 1. The van der Waals surface area contributed by atoms with Gasteiger partial charge in [0.25, 0.3) is 5.91 Å². The Hall–Kier alpha value is -0.850. The molecule has 0 spiro atoms. The van der Waals surface area contributed by atoms with Gasteiger partial charge >= 0.3 is 0 Å². The molecule has 1 unspecified atom stereocenters. The van der Waals surface area contributed by atoms with Crippen molar-refractivity contribution in [3.05, 3.63) is 21.8 Å². The van der Waals surface area contributed by atoms with Gasteiger partial charge in [0, 0.05) is 19.8 Å². The van der Waals surface area contributed by atoms with Gasteiger partial charge in [0.05, 0.1) is 22.6 Å². The van der Waals surface area contributed by atoms with Gasteiger partial charge in [0.1, 0.15) is 5.82 Å². The Morgan fingerprint density at radius 3 is 3.17 bits per heavy atom. The molecule has 1 aromatic rings. The first kappa shape index (κ1) is 13.6. The number of ether oxygens (including phenoxy) is 1. The maximum Gasteiger partial charge on any atom is 0.250 e. The highest BCUT2D eigenvalue weighted by Gasteiger charge is 2.27. The Morgan fingerprint density at radius 1 is 1.72 bits per heavy atom. The van der Waals surface area contributed by atoms with E-state index in [1.54, 1.807) is 19.3 Å². The quantitative estimate of drug-likeness (QED) is 0.889. The van der Waals surface area contributed by atoms with E-state index in [0.717, 1.165) is 10.3 Å². The molecule has 7 heteroatoms. The molecule has 18 heavy (non-hydrogen) atoms. The van der Waals surface area contributed by atoms with E-state index in [1.165, 1.54) is 0 Å². The molecule has 1 N–H and O–H groups in total. The predicted octanol–water partition coefficient (Wildman–Crippen LogP) is 1.45. The number of rotatable bonds is 2. The zero-order valence-electron chi connectivity index (χ0n) is 9.82. The molecule has 0 saturated carbocycles. The SMILES string of the molecule is CNC(=O)C1CN(c2ncc(Cl)cc2Br)CCO1. The van der Waals surface area contributed by atoms with E-state index in [9.17, 15) is 4.79 Å². The second kappa shape index (κ2) is 5.86. The largest absolute Gasteiger partial charge is 0.365 e. The zero-order chi connectivity index (χ0) is 13.1. The van der Waals surface area contributed by atoms with Crippen LogP contribution in [0.2, 0.25) is 5.02 Å². The average molecular weight is 335 g/mol. The minimum Gasteiger partial charge on any atom is -0.365 e. The van der Waals surface area contributed by atoms with Crippen molar-refractivity contribution in [2.24, 2.45) is 0 Å². The molecule has 1 amide bonds. The van der Waals surface area contributed by atoms with Gasteiger partial charge in [-0.1, -0.05) is 11.6 Å². The van der Waals surface area contributed by atoms with Crippen molar-refractivity contribution in [1.29, 1.82) is 0 Å². The van der Waals surface area contributed by atoms with Gasteiger partial charge < -0.3 is 15.0 Å². The first-order chi connectivity index (χ1) is 8.61. The van der Waals surface area contributed by atoms with E-state index < -0.39 is 6.10 Å². The second-order valence-corrected chi connectivity index (χ2v) is 5.17. The minimum absolute atomic E-state index is 0.121. The first-order valence-electron chi connectivity index (χ1n) is 5.51. The van der Waals surface area contributed by atoms with E-state index in [2.05, 4.69) is 26.2 Å². The van der Waals surface area contributed by atoms with Gasteiger partial charge in [0.15, 0.2) is 6.10 Å². The molecule has 1 atom stereocenters. The number of nitrogens with one attached hydrogen (secondary N) is 1. The molecule has 1 fully saturated rings. The van der Waals surface area contributed by atoms with Crippen molar-refractivity contribution in [2.45, 2.75) is 6.10 Å². The van der Waals surface area contributed by atoms with Crippen LogP contribution in [0.3, 0.4) is 0 Å². The maximum absolute atomic E-state index is 11.6. The van der Waals surface area contributed by atoms with Crippen molar-refractivity contribution in [3.8, 4) is 0 Å². The predicted molar refractivity (Wildman–Crippen MR) is 73.0 cm³/mol. The Morgan fingerprint density at radius 2 is 2.50 bits per heavy atom. The molecule has 0 aliphatic carbocycles. The fourth-order valence-electron chi connectivity index (χ4n) is 1.80. The highest BCUT2D eigenvalue weighted by Crippen LogP contribution is 2.27. The van der Waals surface area contributed by atoms with E-state index in [4.69, 9.17) is 16.3 Å². The molecule has 1 aliphatic heterocycles. The van der Waals surface area contributed by atoms with Crippen molar-refractivity contribution in [2.75, 3.05) is 31.6 Å². The molecule has 1 aliphatic rings. The van der Waals surface area contributed by atoms with Crippen molar-refractivity contribution in [3.63, 3.8) is 0 Å². The molecule has 0 bridgehead atoms. The number of nitrogens with zero attached hydrogens (tertiary/aromatic N) is 2. The fraction of sp³-hybridized carbons (Fsp3) is 0.455. The lowest BCUT2D eigenvalue weighted by molar-refractivity contribution is -0.132. The molecular weight excluding hydrogens is 321 g/mol. The van der Waals surface area contributed by atoms with Crippen LogP contribution in [0.25, 0.3) is 0 Å². The van der Waals surface area contributed by atoms with Crippen molar-refractivity contribution < 1.29 is 9.53 Å². The van der Waals surface area contributed by atoms with E-state index in [0.29, 0.717) is 24.7 Å². The third-order valence-corrected chi connectivity index (χ3v) is 3.48. The molecule has 0 aromatic carbocycles. The van der Waals surface area contributed by atoms with E-state index >= 15 is 0 Å². The summed E-state index contributed by atoms with van der Waals surface area (Å²) in [6.45, 7) is 1.67. The number of hydrogen-bond acceptors (Lipinski definition) is 4. The second-order valence-electron chi connectivity index (χ2n) is 3.88. The van der Waals surface area contributed by atoms with Gasteiger partial charge in [0.2, 0.25) is 0 Å². The number of anilines is 1. The van der Waals surface area contributed by atoms with Gasteiger partial charge in [-0.2, -0.15) is 0 Å². The average Bonchev–Trinajstić information content (AvgIpc) is 2.38. The van der Waals surface area contributed by atoms with Gasteiger partial charge in [-0.15, -0.1) is 0 Å². The van der Waals surface area contributed by atoms with Crippen molar-refractivity contribution in [1.82, 2.24) is 10.3 Å². The van der Waals surface area contributed by atoms with Crippen LogP contribution >= 0.6 is 27.5 Å². The van der Waals surface area contributed by atoms with Crippen LogP contribution in [0.4, 0.5) is 5.82 Å². The summed E-state index contributed by atoms with van der Waals surface area (Å²) in [7, 11) is 1.60. The monoisotopic (exact) mass is 333 g/mol. The Balaban J connectivity index is 2.15. The van der Waals surface area contributed by atoms with Crippen LogP contribution in [0.15, 0.2) is 16.7 Å². The summed E-state index contributed by atoms with van der Waals surface area (Å²) in [5.41, 5.74) is 0. The summed E-state index contributed by atoms with van der Waals surface area (Å²) >= 11 is 9.28. The van der Waals surface area contributed by atoms with Crippen LogP contribution in [-0.2, 0) is 9.53 Å². The van der Waals surface area contributed by atoms with Crippen LogP contribution in [0.1, 0.15) is 0 Å². The summed E-state index contributed by atoms with van der Waals surface area (Å²) in [6, 6.07) is 1.79. The molecule has 5 nitrogen and oxygen atoms in total. The number of pyridine rings is 1. The summed E-state index contributed by atoms with van der Waals surface area (Å²) in [4.78, 5) is 17.9. The highest BCUT2D eigenvalue weighted by atomic mass is 79.9. The standard InChI is InChI=1S/C11H13BrClN3O2/c1-14-11(17)9-6-16(2-3-18-9)10-8(12)4-7(13)5-15-10/h4-5,9H,2-3,6H2,1H3,(H,14,17). The smallest absolute Gasteiger partial charge is 0.250 e. The summed E-state index contributed by atoms with van der Waals surface area (Å²) in [6.07, 6.45) is 1.12. The molecular formula is C11H13BrClN3O2. The van der Waals surface area contributed by atoms with Crippen molar-refractivity contribution >= 4 is 39.3 Å². The first-order valence-corrected chi connectivity index (χ1v) is 6.68. The number of likely N-dealkylation sites (N-methyl/N-ethyl adjacent to an activating group) is 1. The maximum atomic E-state index is 11.6. The zero-order valence-corrected chi connectivity index (χ0v) is 12.2. The Bertz CT molecular complexity index is 458. The third-order valence-electron chi connectivity index (χ3n) is 2.69. The normalized spacial score (nSPS) is 19.7. The van der Waals surface area contributed by atoms with Gasteiger partial charge in [-0.25, -0.2) is 4.98 Å². The third kappa shape index (κ3) is 2.93. The topological polar surface area (TPSA) is 54.5 Å². The lowest BCUT2D eigenvalue weighted by atomic mass is 10.2. The molecule has 1 aromatic heterocycles. The summed E-state index contributed by atoms with van der Waals surface area (Å²) < 4.78 is 6.24. The number of carbonyl (C=O) groups excluding carboxylic acids is 1. The van der Waals surface area contributed by atoms with E-state index in [-0.39, 0.29) is 5.91 Å². The van der Waals surface area contributed by atoms with Crippen LogP contribution < -0.4 is 10.2 Å². The minimum atomic E-state index is -0.465. The number of carbonyl (C=O) groups is 1. The Labute approximate surface area is 119 Å².